The van der Waals surface area contributed by atoms with E-state index >= 15 is 0 Å². The first-order valence-electron chi connectivity index (χ1n) is 8.51. The van der Waals surface area contributed by atoms with E-state index < -0.39 is 0 Å². The zero-order chi connectivity index (χ0) is 18.0. The lowest BCUT2D eigenvalue weighted by molar-refractivity contribution is 0.125. The number of aromatic nitrogens is 2. The summed E-state index contributed by atoms with van der Waals surface area (Å²) in [5.74, 6) is 0. The van der Waals surface area contributed by atoms with Gasteiger partial charge in [0.05, 0.1) is 27.6 Å². The molecule has 1 aliphatic rings. The molecule has 1 aromatic heterocycles. The molecule has 6 heteroatoms. The molecule has 0 N–H and O–H groups in total. The Kier molecular flexibility index (Phi) is 5.94. The van der Waals surface area contributed by atoms with E-state index in [-0.39, 0.29) is 0 Å². The fourth-order valence-electron chi connectivity index (χ4n) is 2.91. The van der Waals surface area contributed by atoms with Gasteiger partial charge in [0.2, 0.25) is 0 Å². The van der Waals surface area contributed by atoms with Crippen molar-refractivity contribution in [3.63, 3.8) is 0 Å². The van der Waals surface area contributed by atoms with Gasteiger partial charge in [0, 0.05) is 11.4 Å². The molecule has 1 aliphatic heterocycles. The second kappa shape index (κ2) is 7.83. The average molecular weight is 396 g/mol. The monoisotopic (exact) mass is 395 g/mol. The predicted molar refractivity (Wildman–Crippen MR) is 106 cm³/mol. The molecule has 25 heavy (non-hydrogen) atoms. The molecule has 1 saturated heterocycles. The van der Waals surface area contributed by atoms with Crippen molar-refractivity contribution in [3.8, 4) is 0 Å². The standard InChI is InChI=1S/C19H23Cl2N3S/c1-13-18(25-16-6-4-5-15(20)17(16)21)22-11-14(23-13)12-24-9-7-19(2,3)8-10-24/h4-6,11H,7-10,12H2,1-3H3. The van der Waals surface area contributed by atoms with Crippen molar-refractivity contribution in [2.45, 2.75) is 50.1 Å². The molecule has 0 amide bonds. The predicted octanol–water partition coefficient (Wildman–Crippen LogP) is 5.87. The number of aryl methyl sites for hydroxylation is 1. The third-order valence-corrected chi connectivity index (χ3v) is 6.75. The normalized spacial score (nSPS) is 17.6. The van der Waals surface area contributed by atoms with Gasteiger partial charge in [-0.15, -0.1) is 0 Å². The van der Waals surface area contributed by atoms with Crippen molar-refractivity contribution >= 4 is 35.0 Å². The van der Waals surface area contributed by atoms with Gasteiger partial charge in [-0.2, -0.15) is 0 Å². The van der Waals surface area contributed by atoms with Crippen molar-refractivity contribution in [1.29, 1.82) is 0 Å². The zero-order valence-corrected chi connectivity index (χ0v) is 17.2. The highest BCUT2D eigenvalue weighted by molar-refractivity contribution is 7.99. The van der Waals surface area contributed by atoms with Crippen LogP contribution in [0.5, 0.6) is 0 Å². The Morgan fingerprint density at radius 1 is 1.20 bits per heavy atom. The van der Waals surface area contributed by atoms with Gasteiger partial charge in [-0.1, -0.05) is 54.9 Å². The van der Waals surface area contributed by atoms with Gasteiger partial charge in [0.15, 0.2) is 0 Å². The smallest absolute Gasteiger partial charge is 0.122 e. The van der Waals surface area contributed by atoms with Crippen LogP contribution >= 0.6 is 35.0 Å². The van der Waals surface area contributed by atoms with E-state index in [9.17, 15) is 0 Å². The maximum absolute atomic E-state index is 6.27. The molecule has 1 fully saturated rings. The number of piperidine rings is 1. The molecule has 0 radical (unpaired) electrons. The largest absolute Gasteiger partial charge is 0.297 e. The van der Waals surface area contributed by atoms with Crippen molar-refractivity contribution in [3.05, 3.63) is 45.8 Å². The van der Waals surface area contributed by atoms with E-state index in [1.165, 1.54) is 24.6 Å². The van der Waals surface area contributed by atoms with Gasteiger partial charge in [0.1, 0.15) is 5.03 Å². The quantitative estimate of drug-likeness (QED) is 0.647. The minimum Gasteiger partial charge on any atom is -0.297 e. The van der Waals surface area contributed by atoms with Crippen LogP contribution in [0.15, 0.2) is 34.3 Å². The van der Waals surface area contributed by atoms with E-state index in [2.05, 4.69) is 23.7 Å². The zero-order valence-electron chi connectivity index (χ0n) is 14.9. The minimum absolute atomic E-state index is 0.467. The summed E-state index contributed by atoms with van der Waals surface area (Å²) >= 11 is 13.9. The van der Waals surface area contributed by atoms with Gasteiger partial charge in [0.25, 0.3) is 0 Å². The van der Waals surface area contributed by atoms with E-state index in [0.717, 1.165) is 40.9 Å². The second-order valence-corrected chi connectivity index (χ2v) is 9.16. The number of hydrogen-bond donors (Lipinski definition) is 0. The summed E-state index contributed by atoms with van der Waals surface area (Å²) < 4.78 is 0. The van der Waals surface area contributed by atoms with Gasteiger partial charge in [-0.25, -0.2) is 4.98 Å². The average Bonchev–Trinajstić information content (AvgIpc) is 2.56. The lowest BCUT2D eigenvalue weighted by Gasteiger charge is -2.36. The van der Waals surface area contributed by atoms with Gasteiger partial charge in [-0.05, 0) is 50.4 Å². The first kappa shape index (κ1) is 19.0. The number of nitrogens with zero attached hydrogens (tertiary/aromatic N) is 3. The number of hydrogen-bond acceptors (Lipinski definition) is 4. The van der Waals surface area contributed by atoms with Crippen LogP contribution in [-0.2, 0) is 6.54 Å². The molecule has 134 valence electrons. The van der Waals surface area contributed by atoms with Crippen molar-refractivity contribution < 1.29 is 0 Å². The highest BCUT2D eigenvalue weighted by Crippen LogP contribution is 2.37. The van der Waals surface area contributed by atoms with E-state index in [4.69, 9.17) is 28.2 Å². The first-order valence-corrected chi connectivity index (χ1v) is 10.1. The molecule has 0 aliphatic carbocycles. The Labute approximate surface area is 164 Å². The lowest BCUT2D eigenvalue weighted by Crippen LogP contribution is -2.37. The molecule has 3 nitrogen and oxygen atoms in total. The van der Waals surface area contributed by atoms with Crippen LogP contribution < -0.4 is 0 Å². The van der Waals surface area contributed by atoms with Crippen molar-refractivity contribution in [2.24, 2.45) is 5.41 Å². The molecular formula is C19H23Cl2N3S. The number of halogens is 2. The number of benzene rings is 1. The minimum atomic E-state index is 0.467. The van der Waals surface area contributed by atoms with Gasteiger partial charge >= 0.3 is 0 Å². The first-order chi connectivity index (χ1) is 11.8. The maximum atomic E-state index is 6.27. The number of likely N-dealkylation sites (tertiary alicyclic amines) is 1. The van der Waals surface area contributed by atoms with Gasteiger partial charge < -0.3 is 0 Å². The molecule has 0 unspecified atom stereocenters. The Balaban J connectivity index is 1.68. The summed E-state index contributed by atoms with van der Waals surface area (Å²) in [6.45, 7) is 9.82. The van der Waals surface area contributed by atoms with E-state index in [0.29, 0.717) is 15.5 Å². The van der Waals surface area contributed by atoms with Crippen LogP contribution in [0.1, 0.15) is 38.1 Å². The highest BCUT2D eigenvalue weighted by atomic mass is 35.5. The fraction of sp³-hybridized carbons (Fsp3) is 0.474. The Hall–Kier alpha value is -0.810. The molecular weight excluding hydrogens is 373 g/mol. The summed E-state index contributed by atoms with van der Waals surface area (Å²) in [4.78, 5) is 12.7. The van der Waals surface area contributed by atoms with Crippen LogP contribution in [0.4, 0.5) is 0 Å². The molecule has 0 atom stereocenters. The van der Waals surface area contributed by atoms with E-state index in [1.54, 1.807) is 6.07 Å². The lowest BCUT2D eigenvalue weighted by atomic mass is 9.83. The van der Waals surface area contributed by atoms with Gasteiger partial charge in [-0.3, -0.25) is 9.88 Å². The molecule has 0 spiro atoms. The Morgan fingerprint density at radius 3 is 2.60 bits per heavy atom. The third kappa shape index (κ3) is 4.88. The summed E-state index contributed by atoms with van der Waals surface area (Å²) in [6.07, 6.45) is 4.36. The molecule has 2 heterocycles. The van der Waals surface area contributed by atoms with E-state index in [1.807, 2.05) is 25.3 Å². The third-order valence-electron chi connectivity index (χ3n) is 4.67. The SMILES string of the molecule is Cc1nc(CN2CCC(C)(C)CC2)cnc1Sc1cccc(Cl)c1Cl. The van der Waals surface area contributed by atoms with Crippen molar-refractivity contribution in [1.82, 2.24) is 14.9 Å². The fourth-order valence-corrected chi connectivity index (χ4v) is 4.23. The number of rotatable bonds is 4. The molecule has 1 aromatic carbocycles. The highest BCUT2D eigenvalue weighted by Gasteiger charge is 2.25. The summed E-state index contributed by atoms with van der Waals surface area (Å²) in [6, 6.07) is 5.63. The topological polar surface area (TPSA) is 29.0 Å². The van der Waals surface area contributed by atoms with Crippen molar-refractivity contribution in [2.75, 3.05) is 13.1 Å². The summed E-state index contributed by atoms with van der Waals surface area (Å²) in [5, 5.41) is 1.99. The Bertz CT molecular complexity index is 754. The molecule has 3 rings (SSSR count). The molecule has 2 aromatic rings. The Morgan fingerprint density at radius 2 is 1.92 bits per heavy atom. The van der Waals surface area contributed by atoms with Crippen LogP contribution in [0.25, 0.3) is 0 Å². The molecule has 0 saturated carbocycles. The second-order valence-electron chi connectivity index (χ2n) is 7.35. The van der Waals surface area contributed by atoms with Crippen LogP contribution in [-0.4, -0.2) is 28.0 Å². The van der Waals surface area contributed by atoms with Crippen LogP contribution in [0.2, 0.25) is 10.0 Å². The van der Waals surface area contributed by atoms with Crippen LogP contribution in [0, 0.1) is 12.3 Å². The molecule has 0 bridgehead atoms. The summed E-state index contributed by atoms with van der Waals surface area (Å²) in [7, 11) is 0. The maximum Gasteiger partial charge on any atom is 0.122 e. The summed E-state index contributed by atoms with van der Waals surface area (Å²) in [5.41, 5.74) is 2.42. The van der Waals surface area contributed by atoms with Crippen LogP contribution in [0.3, 0.4) is 0 Å².